The number of esters is 1. The van der Waals surface area contributed by atoms with E-state index in [0.29, 0.717) is 0 Å². The summed E-state index contributed by atoms with van der Waals surface area (Å²) in [5, 5.41) is -1.43. The lowest BCUT2D eigenvalue weighted by atomic mass is 10.5. The molecule has 0 aliphatic rings. The number of nitrogens with two attached hydrogens (primary N) is 1. The Morgan fingerprint density at radius 1 is 1.47 bits per heavy atom. The highest BCUT2D eigenvalue weighted by atomic mass is 32.2. The van der Waals surface area contributed by atoms with E-state index in [4.69, 9.17) is 5.73 Å². The van der Waals surface area contributed by atoms with Crippen molar-refractivity contribution in [3.8, 4) is 0 Å². The van der Waals surface area contributed by atoms with Crippen molar-refractivity contribution in [2.75, 3.05) is 13.7 Å². The topological polar surface area (TPSA) is 125 Å². The third-order valence-corrected chi connectivity index (χ3v) is 2.86. The van der Waals surface area contributed by atoms with Crippen LogP contribution in [0.2, 0.25) is 0 Å². The number of carbonyl (C=O) groups excluding carboxylic acids is 2. The number of hydrogen-bond donors (Lipinski definition) is 2. The monoisotopic (exact) mass is 240 g/mol. The molecule has 1 atom stereocenters. The van der Waals surface area contributed by atoms with Crippen molar-refractivity contribution < 1.29 is 27.6 Å². The van der Waals surface area contributed by atoms with Crippen molar-refractivity contribution in [3.63, 3.8) is 0 Å². The highest BCUT2D eigenvalue weighted by Crippen LogP contribution is 2.00. The van der Waals surface area contributed by atoms with Crippen LogP contribution in [0, 0.1) is 0 Å². The third kappa shape index (κ3) is 4.72. The fraction of sp³-hybridized carbons (Fsp3) is 0.667. The minimum Gasteiger partial charge on any atom is -0.468 e. The van der Waals surface area contributed by atoms with Gasteiger partial charge in [0.25, 0.3) is 0 Å². The van der Waals surface area contributed by atoms with Gasteiger partial charge in [-0.3, -0.25) is 14.4 Å². The lowest BCUT2D eigenvalue weighted by molar-refractivity contribution is -0.139. The van der Waals surface area contributed by atoms with Crippen molar-refractivity contribution in [2.24, 2.45) is 5.73 Å². The molecule has 0 aliphatic heterocycles. The number of ether oxygens (including phenoxy) is 1. The first-order chi connectivity index (χ1) is 6.81. The molecule has 0 bridgehead atoms. The molecule has 0 fully saturated rings. The lowest BCUT2D eigenvalue weighted by Crippen LogP contribution is -2.39. The molecule has 0 saturated heterocycles. The van der Waals surface area contributed by atoms with E-state index in [2.05, 4.69) is 9.57 Å². The minimum absolute atomic E-state index is 0.618. The summed E-state index contributed by atoms with van der Waals surface area (Å²) in [6.07, 6.45) is 0. The van der Waals surface area contributed by atoms with Gasteiger partial charge >= 0.3 is 5.97 Å². The SMILES string of the molecule is COC(=O)C(C)S(=O)(=O)NOCC(N)=O. The molecule has 0 rings (SSSR count). The molecular formula is C6H12N2O6S. The van der Waals surface area contributed by atoms with Crippen molar-refractivity contribution >= 4 is 21.9 Å². The highest BCUT2D eigenvalue weighted by molar-refractivity contribution is 7.90. The number of primary amides is 1. The Labute approximate surface area is 86.7 Å². The summed E-state index contributed by atoms with van der Waals surface area (Å²) in [5.41, 5.74) is 4.69. The van der Waals surface area contributed by atoms with Gasteiger partial charge in [-0.25, -0.2) is 8.42 Å². The Bertz CT molecular complexity index is 338. The molecule has 0 radical (unpaired) electrons. The van der Waals surface area contributed by atoms with Gasteiger partial charge in [-0.1, -0.05) is 4.89 Å². The zero-order valence-corrected chi connectivity index (χ0v) is 9.04. The van der Waals surface area contributed by atoms with E-state index in [9.17, 15) is 18.0 Å². The van der Waals surface area contributed by atoms with Crippen LogP contribution in [0.25, 0.3) is 0 Å². The second kappa shape index (κ2) is 5.63. The van der Waals surface area contributed by atoms with Gasteiger partial charge < -0.3 is 10.5 Å². The fourth-order valence-electron chi connectivity index (χ4n) is 0.548. The molecule has 88 valence electrons. The van der Waals surface area contributed by atoms with Gasteiger partial charge in [-0.05, 0) is 6.92 Å². The average Bonchev–Trinajstić information content (AvgIpc) is 2.14. The van der Waals surface area contributed by atoms with Crippen molar-refractivity contribution in [1.82, 2.24) is 4.89 Å². The second-order valence-corrected chi connectivity index (χ2v) is 4.51. The van der Waals surface area contributed by atoms with Crippen LogP contribution in [-0.4, -0.2) is 39.3 Å². The Kier molecular flexibility index (Phi) is 5.19. The molecule has 0 aliphatic carbocycles. The van der Waals surface area contributed by atoms with Gasteiger partial charge in [-0.15, -0.1) is 0 Å². The maximum atomic E-state index is 11.2. The average molecular weight is 240 g/mol. The first kappa shape index (κ1) is 13.8. The van der Waals surface area contributed by atoms with Crippen LogP contribution in [0.5, 0.6) is 0 Å². The van der Waals surface area contributed by atoms with Gasteiger partial charge in [-0.2, -0.15) is 0 Å². The van der Waals surface area contributed by atoms with E-state index in [-0.39, 0.29) is 0 Å². The Morgan fingerprint density at radius 3 is 2.40 bits per heavy atom. The number of rotatable bonds is 6. The molecule has 0 spiro atoms. The summed E-state index contributed by atoms with van der Waals surface area (Å²) in [4.78, 5) is 26.9. The first-order valence-electron chi connectivity index (χ1n) is 3.79. The highest BCUT2D eigenvalue weighted by Gasteiger charge is 2.29. The maximum Gasteiger partial charge on any atom is 0.325 e. The van der Waals surface area contributed by atoms with E-state index in [1.165, 1.54) is 0 Å². The van der Waals surface area contributed by atoms with Gasteiger partial charge in [0.1, 0.15) is 6.61 Å². The van der Waals surface area contributed by atoms with Crippen LogP contribution >= 0.6 is 0 Å². The first-order valence-corrected chi connectivity index (χ1v) is 5.34. The maximum absolute atomic E-state index is 11.2. The quantitative estimate of drug-likeness (QED) is 0.404. The van der Waals surface area contributed by atoms with Crippen LogP contribution in [0.1, 0.15) is 6.92 Å². The summed E-state index contributed by atoms with van der Waals surface area (Å²) in [6, 6.07) is 0. The van der Waals surface area contributed by atoms with Crippen LogP contribution < -0.4 is 10.6 Å². The molecule has 1 unspecified atom stereocenters. The Balaban J connectivity index is 4.30. The number of nitrogens with one attached hydrogen (secondary N) is 1. The molecule has 8 nitrogen and oxygen atoms in total. The predicted molar refractivity (Wildman–Crippen MR) is 48.7 cm³/mol. The molecule has 0 aromatic carbocycles. The largest absolute Gasteiger partial charge is 0.468 e. The second-order valence-electron chi connectivity index (χ2n) is 2.55. The van der Waals surface area contributed by atoms with Crippen molar-refractivity contribution in [3.05, 3.63) is 0 Å². The van der Waals surface area contributed by atoms with Gasteiger partial charge in [0.05, 0.1) is 7.11 Å². The summed E-state index contributed by atoms with van der Waals surface area (Å²) >= 11 is 0. The Morgan fingerprint density at radius 2 is 2.00 bits per heavy atom. The van der Waals surface area contributed by atoms with Crippen LogP contribution in [0.4, 0.5) is 0 Å². The molecule has 3 N–H and O–H groups in total. The molecule has 1 amide bonds. The van der Waals surface area contributed by atoms with Crippen molar-refractivity contribution in [2.45, 2.75) is 12.2 Å². The molecular weight excluding hydrogens is 228 g/mol. The zero-order chi connectivity index (χ0) is 12.1. The van der Waals surface area contributed by atoms with E-state index >= 15 is 0 Å². The van der Waals surface area contributed by atoms with Gasteiger partial charge in [0, 0.05) is 0 Å². The number of amides is 1. The molecule has 0 aromatic heterocycles. The van der Waals surface area contributed by atoms with Gasteiger partial charge in [0.15, 0.2) is 5.25 Å². The van der Waals surface area contributed by atoms with Crippen molar-refractivity contribution in [1.29, 1.82) is 0 Å². The summed E-state index contributed by atoms with van der Waals surface area (Å²) in [6.45, 7) is 0.495. The van der Waals surface area contributed by atoms with Crippen LogP contribution in [0.15, 0.2) is 0 Å². The minimum atomic E-state index is -4.02. The number of carbonyl (C=O) groups is 2. The summed E-state index contributed by atoms with van der Waals surface area (Å²) in [5.74, 6) is -1.78. The number of hydrogen-bond acceptors (Lipinski definition) is 6. The van der Waals surface area contributed by atoms with Gasteiger partial charge in [0.2, 0.25) is 15.9 Å². The van der Waals surface area contributed by atoms with E-state index in [1.807, 2.05) is 0 Å². The lowest BCUT2D eigenvalue weighted by Gasteiger charge is -2.10. The Hall–Kier alpha value is -1.19. The van der Waals surface area contributed by atoms with E-state index < -0.39 is 33.8 Å². The standard InChI is InChI=1S/C6H12N2O6S/c1-4(6(10)13-2)15(11,12)8-14-3-5(7)9/h4,8H,3H2,1-2H3,(H2,7,9). The predicted octanol–water partition coefficient (Wildman–Crippen LogP) is -2.12. The normalized spacial score (nSPS) is 13.2. The van der Waals surface area contributed by atoms with E-state index in [0.717, 1.165) is 14.0 Å². The summed E-state index contributed by atoms with van der Waals surface area (Å²) in [7, 11) is -2.97. The molecule has 0 saturated carbocycles. The van der Waals surface area contributed by atoms with E-state index in [1.54, 1.807) is 4.89 Å². The fourth-order valence-corrected chi connectivity index (χ4v) is 1.26. The number of sulfonamides is 1. The summed E-state index contributed by atoms with van der Waals surface area (Å²) < 4.78 is 26.7. The molecule has 9 heteroatoms. The molecule has 0 heterocycles. The third-order valence-electron chi connectivity index (χ3n) is 1.39. The molecule has 15 heavy (non-hydrogen) atoms. The zero-order valence-electron chi connectivity index (χ0n) is 8.22. The number of methoxy groups -OCH3 is 1. The molecule has 0 aromatic rings. The van der Waals surface area contributed by atoms with Crippen LogP contribution in [0.3, 0.4) is 0 Å². The van der Waals surface area contributed by atoms with Crippen LogP contribution in [-0.2, 0) is 29.2 Å². The smallest absolute Gasteiger partial charge is 0.325 e.